The lowest BCUT2D eigenvalue weighted by Gasteiger charge is -2.39. The predicted molar refractivity (Wildman–Crippen MR) is 119 cm³/mol. The van der Waals surface area contributed by atoms with Gasteiger partial charge >= 0.3 is 5.97 Å². The average Bonchev–Trinajstić information content (AvgIpc) is 3.46. The van der Waals surface area contributed by atoms with E-state index in [0.29, 0.717) is 18.1 Å². The monoisotopic (exact) mass is 413 g/mol. The fraction of sp³-hybridized carbons (Fsp3) is 0.333. The first-order chi connectivity index (χ1) is 15.2. The van der Waals surface area contributed by atoms with Gasteiger partial charge in [-0.25, -0.2) is 4.79 Å². The zero-order valence-corrected chi connectivity index (χ0v) is 17.8. The van der Waals surface area contributed by atoms with Crippen LogP contribution in [-0.4, -0.2) is 18.1 Å². The Kier molecular flexibility index (Phi) is 5.23. The van der Waals surface area contributed by atoms with Crippen molar-refractivity contribution in [1.82, 2.24) is 4.98 Å². The summed E-state index contributed by atoms with van der Waals surface area (Å²) in [5, 5.41) is 0. The van der Waals surface area contributed by atoms with Crippen LogP contribution < -0.4 is 4.74 Å². The number of rotatable bonds is 6. The third-order valence-electron chi connectivity index (χ3n) is 7.15. The minimum absolute atomic E-state index is 0.0110. The average molecular weight is 414 g/mol. The van der Waals surface area contributed by atoms with Crippen molar-refractivity contribution in [2.45, 2.75) is 37.7 Å². The van der Waals surface area contributed by atoms with Crippen LogP contribution >= 0.6 is 0 Å². The van der Waals surface area contributed by atoms with Crippen molar-refractivity contribution in [3.63, 3.8) is 0 Å². The standard InChI is InChI=1S/C27H27NO3/c1-30-26(29)20-6-9-21(10-7-20)27(17-19-5-8-23(27)16-19)22-11-13-25(14-12-22)31-18-24-4-2-3-15-28-24/h2-4,6-7,9-15,19,23H,5,8,16-18H2,1H3/t19?,23?,27-/m1/s1. The number of hydrogen-bond acceptors (Lipinski definition) is 4. The van der Waals surface area contributed by atoms with Gasteiger partial charge in [0.15, 0.2) is 0 Å². The van der Waals surface area contributed by atoms with Gasteiger partial charge in [0.2, 0.25) is 0 Å². The molecule has 2 aliphatic rings. The molecule has 0 saturated heterocycles. The SMILES string of the molecule is COC(=O)c1ccc([C@@]2(c3ccc(OCc4ccccn4)cc3)CC3CCC2C3)cc1. The Morgan fingerprint density at radius 1 is 1.00 bits per heavy atom. The van der Waals surface area contributed by atoms with E-state index in [1.54, 1.807) is 6.20 Å². The molecule has 31 heavy (non-hydrogen) atoms. The predicted octanol–water partition coefficient (Wildman–Crippen LogP) is 5.55. The van der Waals surface area contributed by atoms with Gasteiger partial charge in [-0.15, -0.1) is 0 Å². The summed E-state index contributed by atoms with van der Waals surface area (Å²) in [6.45, 7) is 0.463. The molecule has 0 spiro atoms. The molecule has 2 saturated carbocycles. The number of benzene rings is 2. The van der Waals surface area contributed by atoms with Crippen molar-refractivity contribution in [3.05, 3.63) is 95.3 Å². The van der Waals surface area contributed by atoms with Gasteiger partial charge < -0.3 is 9.47 Å². The molecular formula is C27H27NO3. The zero-order valence-electron chi connectivity index (χ0n) is 17.8. The summed E-state index contributed by atoms with van der Waals surface area (Å²) < 4.78 is 10.8. The summed E-state index contributed by atoms with van der Waals surface area (Å²) in [4.78, 5) is 16.2. The molecule has 2 aliphatic carbocycles. The highest BCUT2D eigenvalue weighted by atomic mass is 16.5. The van der Waals surface area contributed by atoms with Gasteiger partial charge in [-0.3, -0.25) is 4.98 Å². The highest BCUT2D eigenvalue weighted by molar-refractivity contribution is 5.89. The molecule has 3 aromatic rings. The first kappa shape index (κ1) is 19.8. The number of methoxy groups -OCH3 is 1. The number of hydrogen-bond donors (Lipinski definition) is 0. The van der Waals surface area contributed by atoms with Gasteiger partial charge in [-0.1, -0.05) is 36.8 Å². The Hall–Kier alpha value is -3.14. The third kappa shape index (κ3) is 3.60. The Bertz CT molecular complexity index is 1050. The molecule has 0 N–H and O–H groups in total. The van der Waals surface area contributed by atoms with E-state index < -0.39 is 0 Å². The first-order valence-electron chi connectivity index (χ1n) is 11.0. The Labute approximate surface area is 183 Å². The number of carbonyl (C=O) groups is 1. The summed E-state index contributed by atoms with van der Waals surface area (Å²) in [6, 6.07) is 22.5. The van der Waals surface area contributed by atoms with E-state index in [0.717, 1.165) is 17.4 Å². The van der Waals surface area contributed by atoms with E-state index in [1.807, 2.05) is 30.3 Å². The van der Waals surface area contributed by atoms with Crippen LogP contribution in [0.4, 0.5) is 0 Å². The second-order valence-electron chi connectivity index (χ2n) is 8.75. The highest BCUT2D eigenvalue weighted by Gasteiger charge is 2.52. The van der Waals surface area contributed by atoms with Gasteiger partial charge in [0, 0.05) is 11.6 Å². The van der Waals surface area contributed by atoms with Crippen LogP contribution in [0.5, 0.6) is 5.75 Å². The summed E-state index contributed by atoms with van der Waals surface area (Å²) in [7, 11) is 1.42. The van der Waals surface area contributed by atoms with Crippen LogP contribution in [0.2, 0.25) is 0 Å². The van der Waals surface area contributed by atoms with Gasteiger partial charge in [0.1, 0.15) is 12.4 Å². The Morgan fingerprint density at radius 2 is 1.74 bits per heavy atom. The number of pyridine rings is 1. The number of ether oxygens (including phenoxy) is 2. The molecule has 2 fully saturated rings. The van der Waals surface area contributed by atoms with Crippen molar-refractivity contribution < 1.29 is 14.3 Å². The highest BCUT2D eigenvalue weighted by Crippen LogP contribution is 2.60. The molecule has 5 rings (SSSR count). The molecule has 0 aliphatic heterocycles. The molecule has 0 radical (unpaired) electrons. The molecule has 1 heterocycles. The number of esters is 1. The molecule has 2 aromatic carbocycles. The minimum atomic E-state index is -0.289. The molecule has 2 bridgehead atoms. The van der Waals surface area contributed by atoms with E-state index in [-0.39, 0.29) is 11.4 Å². The van der Waals surface area contributed by atoms with Gasteiger partial charge in [-0.2, -0.15) is 0 Å². The van der Waals surface area contributed by atoms with Crippen molar-refractivity contribution in [2.75, 3.05) is 7.11 Å². The second-order valence-corrected chi connectivity index (χ2v) is 8.75. The zero-order chi connectivity index (χ0) is 21.3. The maximum Gasteiger partial charge on any atom is 0.337 e. The normalized spacial score (nSPS) is 24.2. The van der Waals surface area contributed by atoms with E-state index in [1.165, 1.54) is 43.9 Å². The van der Waals surface area contributed by atoms with Crippen LogP contribution in [0.25, 0.3) is 0 Å². The summed E-state index contributed by atoms with van der Waals surface area (Å²) in [5.74, 6) is 1.99. The topological polar surface area (TPSA) is 48.4 Å². The third-order valence-corrected chi connectivity index (χ3v) is 7.15. The molecule has 0 amide bonds. The lowest BCUT2D eigenvalue weighted by molar-refractivity contribution is 0.0600. The van der Waals surface area contributed by atoms with E-state index in [9.17, 15) is 4.79 Å². The van der Waals surface area contributed by atoms with E-state index in [2.05, 4.69) is 41.4 Å². The van der Waals surface area contributed by atoms with Crippen molar-refractivity contribution in [2.24, 2.45) is 11.8 Å². The van der Waals surface area contributed by atoms with E-state index >= 15 is 0 Å². The fourth-order valence-corrected chi connectivity index (χ4v) is 5.71. The maximum absolute atomic E-state index is 11.9. The van der Waals surface area contributed by atoms with Crippen LogP contribution in [-0.2, 0) is 16.8 Å². The Morgan fingerprint density at radius 3 is 2.32 bits per heavy atom. The van der Waals surface area contributed by atoms with Gasteiger partial charge in [0.05, 0.1) is 18.4 Å². The number of fused-ring (bicyclic) bond motifs is 2. The lowest BCUT2D eigenvalue weighted by atomic mass is 9.64. The smallest absolute Gasteiger partial charge is 0.337 e. The van der Waals surface area contributed by atoms with Gasteiger partial charge in [0.25, 0.3) is 0 Å². The van der Waals surface area contributed by atoms with Crippen LogP contribution in [0, 0.1) is 11.8 Å². The number of carbonyl (C=O) groups excluding carboxylic acids is 1. The fourth-order valence-electron chi connectivity index (χ4n) is 5.71. The van der Waals surface area contributed by atoms with Gasteiger partial charge in [-0.05, 0) is 78.6 Å². The van der Waals surface area contributed by atoms with Crippen LogP contribution in [0.3, 0.4) is 0 Å². The lowest BCUT2D eigenvalue weighted by Crippen LogP contribution is -2.34. The molecular weight excluding hydrogens is 386 g/mol. The summed E-state index contributed by atoms with van der Waals surface area (Å²) in [6.07, 6.45) is 6.84. The quantitative estimate of drug-likeness (QED) is 0.497. The van der Waals surface area contributed by atoms with Crippen molar-refractivity contribution in [1.29, 1.82) is 0 Å². The molecule has 4 heteroatoms. The molecule has 4 nitrogen and oxygen atoms in total. The van der Waals surface area contributed by atoms with Crippen LogP contribution in [0.15, 0.2) is 72.9 Å². The molecule has 3 atom stereocenters. The number of nitrogens with zero attached hydrogens (tertiary/aromatic N) is 1. The van der Waals surface area contributed by atoms with E-state index in [4.69, 9.17) is 9.47 Å². The molecule has 2 unspecified atom stereocenters. The largest absolute Gasteiger partial charge is 0.487 e. The molecule has 1 aromatic heterocycles. The number of aromatic nitrogens is 1. The summed E-state index contributed by atoms with van der Waals surface area (Å²) in [5.41, 5.74) is 4.17. The molecule has 158 valence electrons. The Balaban J connectivity index is 1.42. The first-order valence-corrected chi connectivity index (χ1v) is 11.0. The summed E-state index contributed by atoms with van der Waals surface area (Å²) >= 11 is 0. The van der Waals surface area contributed by atoms with Crippen molar-refractivity contribution >= 4 is 5.97 Å². The second kappa shape index (κ2) is 8.18. The maximum atomic E-state index is 11.9. The minimum Gasteiger partial charge on any atom is -0.487 e. The van der Waals surface area contributed by atoms with Crippen molar-refractivity contribution in [3.8, 4) is 5.75 Å². The van der Waals surface area contributed by atoms with Crippen LogP contribution in [0.1, 0.15) is 52.9 Å².